The summed E-state index contributed by atoms with van der Waals surface area (Å²) in [5.74, 6) is 0. The van der Waals surface area contributed by atoms with Crippen LogP contribution in [0.15, 0.2) is 0 Å². The van der Waals surface area contributed by atoms with E-state index < -0.39 is 37.6 Å². The molecule has 0 bridgehead atoms. The average molecular weight is 933 g/mol. The van der Waals surface area contributed by atoms with E-state index in [0.717, 1.165) is 0 Å². The number of hydrogen-bond acceptors (Lipinski definition) is 1. The molecule has 0 radical (unpaired) electrons. The third-order valence-electron chi connectivity index (χ3n) is 12.3. The van der Waals surface area contributed by atoms with Crippen LogP contribution in [-0.4, -0.2) is 37.6 Å². The molecular weight excluding hydrogens is 830 g/mol. The Labute approximate surface area is 335 Å². The molecule has 0 saturated heterocycles. The fourth-order valence-electron chi connectivity index (χ4n) is 8.88. The average Bonchev–Trinajstić information content (AvgIpc) is 3.13. The van der Waals surface area contributed by atoms with E-state index in [1.54, 1.807) is 26.6 Å². The molecule has 0 spiro atoms. The van der Waals surface area contributed by atoms with Crippen LogP contribution in [0.1, 0.15) is 273 Å². The van der Waals surface area contributed by atoms with Gasteiger partial charge in [0.15, 0.2) is 0 Å². The Kier molecular flexibility index (Phi) is 42.5. The number of rotatable bonds is 44. The Morgan fingerprint density at radius 1 is 0.196 bits per heavy atom. The van der Waals surface area contributed by atoms with Crippen LogP contribution >= 0.6 is 0 Å². The van der Waals surface area contributed by atoms with E-state index >= 15 is 0 Å². The summed E-state index contributed by atoms with van der Waals surface area (Å²) >= 11 is -5.60. The van der Waals surface area contributed by atoms with Crippen LogP contribution in [0.25, 0.3) is 0 Å². The van der Waals surface area contributed by atoms with Gasteiger partial charge < -0.3 is 0 Å². The molecule has 51 heavy (non-hydrogen) atoms. The molecule has 0 aliphatic rings. The molecule has 1 nitrogen and oxygen atoms in total. The first kappa shape index (κ1) is 52.6. The van der Waals surface area contributed by atoms with Gasteiger partial charge in [-0.15, -0.1) is 0 Å². The van der Waals surface area contributed by atoms with Crippen molar-refractivity contribution in [3.8, 4) is 0 Å². The molecule has 0 amide bonds. The zero-order chi connectivity index (χ0) is 37.4. The van der Waals surface area contributed by atoms with Gasteiger partial charge in [-0.05, 0) is 0 Å². The van der Waals surface area contributed by atoms with Crippen LogP contribution in [0.5, 0.6) is 0 Å². The van der Waals surface area contributed by atoms with Crippen molar-refractivity contribution < 1.29 is 1.41 Å². The molecule has 0 aromatic carbocycles. The second-order valence-corrected chi connectivity index (χ2v) is 44.1. The SMILES string of the molecule is CCCCCCC[CH2][Sn]([CH2]CCCCCCC)([CH2]CCCCCCC)[O][Sn]([CH2]CCCCCCC)([CH2]CCCCCCC)[CH2]CCCCCCC. The van der Waals surface area contributed by atoms with Gasteiger partial charge in [0.1, 0.15) is 0 Å². The van der Waals surface area contributed by atoms with Gasteiger partial charge in [0, 0.05) is 0 Å². The van der Waals surface area contributed by atoms with E-state index in [0.29, 0.717) is 0 Å². The topological polar surface area (TPSA) is 9.23 Å². The number of hydrogen-bond donors (Lipinski definition) is 0. The Morgan fingerprint density at radius 2 is 0.333 bits per heavy atom. The third kappa shape index (κ3) is 33.4. The quantitative estimate of drug-likeness (QED) is 0.0437. The van der Waals surface area contributed by atoms with E-state index in [2.05, 4.69) is 41.5 Å². The van der Waals surface area contributed by atoms with Gasteiger partial charge >= 0.3 is 338 Å². The summed E-state index contributed by atoms with van der Waals surface area (Å²) in [5.41, 5.74) is 0. The van der Waals surface area contributed by atoms with Crippen LogP contribution in [0, 0.1) is 0 Å². The van der Waals surface area contributed by atoms with Crippen LogP contribution in [-0.2, 0) is 1.41 Å². The predicted octanol–water partition coefficient (Wildman–Crippen LogP) is 19.1. The molecule has 3 heteroatoms. The Morgan fingerprint density at radius 3 is 0.490 bits per heavy atom. The summed E-state index contributed by atoms with van der Waals surface area (Å²) in [5, 5.41) is 0. The predicted molar refractivity (Wildman–Crippen MR) is 242 cm³/mol. The second kappa shape index (κ2) is 41.2. The molecular formula is C48H102OSn2. The van der Waals surface area contributed by atoms with Crippen molar-refractivity contribution in [3.63, 3.8) is 0 Å². The molecule has 0 fully saturated rings. The third-order valence-corrected chi connectivity index (χ3v) is 53.1. The molecule has 0 saturated carbocycles. The first-order chi connectivity index (χ1) is 25.1. The number of unbranched alkanes of at least 4 members (excludes halogenated alkanes) is 30. The van der Waals surface area contributed by atoms with Gasteiger partial charge in [-0.2, -0.15) is 0 Å². The fourth-order valence-corrected chi connectivity index (χ4v) is 62.2. The van der Waals surface area contributed by atoms with Crippen LogP contribution in [0.4, 0.5) is 0 Å². The van der Waals surface area contributed by atoms with Gasteiger partial charge in [0.25, 0.3) is 0 Å². The summed E-state index contributed by atoms with van der Waals surface area (Å²) in [7, 11) is 0. The van der Waals surface area contributed by atoms with Crippen LogP contribution < -0.4 is 0 Å². The zero-order valence-electron chi connectivity index (χ0n) is 37.1. The molecule has 0 aliphatic carbocycles. The van der Waals surface area contributed by atoms with E-state index in [4.69, 9.17) is 1.41 Å². The molecule has 0 N–H and O–H groups in total. The van der Waals surface area contributed by atoms with Gasteiger partial charge in [-0.1, -0.05) is 0 Å². The first-order valence-corrected chi connectivity index (χ1v) is 39.2. The Balaban J connectivity index is 6.35. The van der Waals surface area contributed by atoms with Gasteiger partial charge in [0.05, 0.1) is 0 Å². The van der Waals surface area contributed by atoms with Crippen molar-refractivity contribution >= 4 is 37.6 Å². The molecule has 0 aromatic heterocycles. The van der Waals surface area contributed by atoms with E-state index in [1.807, 2.05) is 0 Å². The summed E-state index contributed by atoms with van der Waals surface area (Å²) in [4.78, 5) is 0. The van der Waals surface area contributed by atoms with Crippen molar-refractivity contribution in [1.29, 1.82) is 0 Å². The normalized spacial score (nSPS) is 12.4. The zero-order valence-corrected chi connectivity index (χ0v) is 42.8. The molecule has 0 atom stereocenters. The molecule has 0 aromatic rings. The van der Waals surface area contributed by atoms with Crippen molar-refractivity contribution in [2.24, 2.45) is 0 Å². The molecule has 308 valence electrons. The van der Waals surface area contributed by atoms with Crippen molar-refractivity contribution in [3.05, 3.63) is 0 Å². The van der Waals surface area contributed by atoms with Gasteiger partial charge in [0.2, 0.25) is 0 Å². The maximum absolute atomic E-state index is 8.61. The van der Waals surface area contributed by atoms with Crippen molar-refractivity contribution in [2.45, 2.75) is 299 Å². The van der Waals surface area contributed by atoms with Crippen LogP contribution in [0.3, 0.4) is 0 Å². The monoisotopic (exact) mass is 935 g/mol. The Hall–Kier alpha value is 1.56. The standard InChI is InChI=1S/6C8H17.O.2Sn/c6*1-3-5-7-8-6-4-2;;;/h6*1,3-8H2,2H3;;;. The summed E-state index contributed by atoms with van der Waals surface area (Å²) in [6.07, 6.45) is 52.5. The summed E-state index contributed by atoms with van der Waals surface area (Å²) < 4.78 is 18.2. The van der Waals surface area contributed by atoms with Crippen molar-refractivity contribution in [2.75, 3.05) is 0 Å². The van der Waals surface area contributed by atoms with Gasteiger partial charge in [-0.3, -0.25) is 0 Å². The maximum atomic E-state index is 8.61. The van der Waals surface area contributed by atoms with Crippen molar-refractivity contribution in [1.82, 2.24) is 0 Å². The first-order valence-electron chi connectivity index (χ1n) is 24.8. The molecule has 0 aliphatic heterocycles. The molecule has 0 unspecified atom stereocenters. The van der Waals surface area contributed by atoms with Gasteiger partial charge in [-0.25, -0.2) is 0 Å². The fraction of sp³-hybridized carbons (Fsp3) is 1.00. The summed E-state index contributed by atoms with van der Waals surface area (Å²) in [6, 6.07) is 0. The Bertz CT molecular complexity index is 516. The minimum absolute atomic E-state index is 1.37. The summed E-state index contributed by atoms with van der Waals surface area (Å²) in [6.45, 7) is 14.3. The van der Waals surface area contributed by atoms with E-state index in [1.165, 1.54) is 231 Å². The molecule has 0 rings (SSSR count). The second-order valence-electron chi connectivity index (χ2n) is 17.6. The molecule has 0 heterocycles. The van der Waals surface area contributed by atoms with Crippen LogP contribution in [0.2, 0.25) is 26.6 Å². The van der Waals surface area contributed by atoms with E-state index in [9.17, 15) is 0 Å². The van der Waals surface area contributed by atoms with E-state index in [-0.39, 0.29) is 0 Å². The minimum atomic E-state index is -2.80.